The van der Waals surface area contributed by atoms with Crippen LogP contribution in [0.2, 0.25) is 0 Å². The summed E-state index contributed by atoms with van der Waals surface area (Å²) in [5.74, 6) is -3.34. The lowest BCUT2D eigenvalue weighted by Crippen LogP contribution is -2.54. The second kappa shape index (κ2) is 16.9. The van der Waals surface area contributed by atoms with Gasteiger partial charge in [-0.05, 0) is 103 Å². The van der Waals surface area contributed by atoms with Gasteiger partial charge in [0.1, 0.15) is 17.7 Å². The first kappa shape index (κ1) is 39.9. The normalized spacial score (nSPS) is 18.8. The molecule has 5 heterocycles. The van der Waals surface area contributed by atoms with Crippen LogP contribution in [0.25, 0.3) is 10.9 Å². The monoisotopic (exact) mass is 830 g/mol. The molecule has 1 aromatic heterocycles. The number of nitrogens with zero attached hydrogens (tertiary/aromatic N) is 4. The highest BCUT2D eigenvalue weighted by Crippen LogP contribution is 2.31. The summed E-state index contributed by atoms with van der Waals surface area (Å²) in [6, 6.07) is 19.2. The Balaban J connectivity index is 0.851. The number of benzene rings is 4. The van der Waals surface area contributed by atoms with Crippen molar-refractivity contribution in [1.82, 2.24) is 25.3 Å². The molecule has 0 aliphatic carbocycles. The van der Waals surface area contributed by atoms with E-state index in [2.05, 4.69) is 35.9 Å². The second-order valence-electron chi connectivity index (χ2n) is 16.0. The van der Waals surface area contributed by atoms with Crippen LogP contribution < -0.4 is 20.9 Å². The number of halogens is 2. The number of imide groups is 2. The Morgan fingerprint density at radius 3 is 2.33 bits per heavy atom. The van der Waals surface area contributed by atoms with Crippen LogP contribution in [0.4, 0.5) is 26.0 Å². The van der Waals surface area contributed by atoms with E-state index in [-0.39, 0.29) is 35.9 Å². The van der Waals surface area contributed by atoms with Crippen LogP contribution in [0.3, 0.4) is 0 Å². The van der Waals surface area contributed by atoms with Crippen molar-refractivity contribution in [3.05, 3.63) is 118 Å². The third-order valence-corrected chi connectivity index (χ3v) is 12.0. The van der Waals surface area contributed by atoms with Crippen molar-refractivity contribution in [2.24, 2.45) is 0 Å². The number of anilines is 3. The molecule has 1 unspecified atom stereocenters. The van der Waals surface area contributed by atoms with Crippen LogP contribution in [-0.2, 0) is 27.2 Å². The average molecular weight is 831 g/mol. The first-order chi connectivity index (χ1) is 29.6. The number of aromatic nitrogens is 2. The minimum Gasteiger partial charge on any atom is -0.381 e. The molecule has 4 N–H and O–H groups in total. The number of nitrogens with one attached hydrogen (secondary N) is 4. The molecule has 3 saturated heterocycles. The minimum absolute atomic E-state index is 0.0693. The van der Waals surface area contributed by atoms with Crippen LogP contribution in [0.5, 0.6) is 0 Å². The van der Waals surface area contributed by atoms with Gasteiger partial charge in [-0.25, -0.2) is 8.78 Å². The maximum absolute atomic E-state index is 14.0. The van der Waals surface area contributed by atoms with E-state index in [1.807, 2.05) is 42.5 Å². The zero-order valence-electron chi connectivity index (χ0n) is 33.3. The largest absolute Gasteiger partial charge is 0.381 e. The Hall–Kier alpha value is -6.52. The number of amides is 5. The van der Waals surface area contributed by atoms with E-state index >= 15 is 0 Å². The molecule has 3 fully saturated rings. The summed E-state index contributed by atoms with van der Waals surface area (Å²) in [7, 11) is 0. The molecule has 5 amide bonds. The molecule has 16 heteroatoms. The van der Waals surface area contributed by atoms with Crippen molar-refractivity contribution in [3.63, 3.8) is 0 Å². The number of piperidine rings is 1. The number of H-pyrrole nitrogens is 1. The van der Waals surface area contributed by atoms with Crippen molar-refractivity contribution in [2.45, 2.75) is 50.6 Å². The summed E-state index contributed by atoms with van der Waals surface area (Å²) in [6.45, 7) is 5.09. The molecule has 61 heavy (non-hydrogen) atoms. The van der Waals surface area contributed by atoms with E-state index < -0.39 is 41.3 Å². The van der Waals surface area contributed by atoms with Crippen LogP contribution in [-0.4, -0.2) is 108 Å². The fraction of sp³-hybridized carbons (Fsp3) is 0.333. The van der Waals surface area contributed by atoms with Gasteiger partial charge in [-0.2, -0.15) is 5.10 Å². The molecule has 0 radical (unpaired) electrons. The smallest absolute Gasteiger partial charge is 0.262 e. The Morgan fingerprint density at radius 1 is 0.803 bits per heavy atom. The number of hydrogen-bond acceptors (Lipinski definition) is 10. The van der Waals surface area contributed by atoms with Crippen LogP contribution in [0.1, 0.15) is 73.4 Å². The lowest BCUT2D eigenvalue weighted by Gasteiger charge is -2.36. The summed E-state index contributed by atoms with van der Waals surface area (Å²) in [6.07, 6.45) is 2.75. The average Bonchev–Trinajstić information content (AvgIpc) is 3.75. The molecule has 9 rings (SSSR count). The molecule has 1 atom stereocenters. The number of ether oxygens (including phenoxy) is 1. The fourth-order valence-electron chi connectivity index (χ4n) is 8.69. The lowest BCUT2D eigenvalue weighted by atomic mass is 10.0. The molecule has 5 aromatic rings. The molecule has 4 aliphatic heterocycles. The number of piperazine rings is 1. The van der Waals surface area contributed by atoms with Gasteiger partial charge in [0.25, 0.3) is 17.7 Å². The molecule has 314 valence electrons. The van der Waals surface area contributed by atoms with Gasteiger partial charge in [0.2, 0.25) is 11.8 Å². The third-order valence-electron chi connectivity index (χ3n) is 12.0. The van der Waals surface area contributed by atoms with Gasteiger partial charge >= 0.3 is 0 Å². The van der Waals surface area contributed by atoms with Crippen LogP contribution in [0.15, 0.2) is 72.8 Å². The summed E-state index contributed by atoms with van der Waals surface area (Å²) in [4.78, 5) is 70.2. The quantitative estimate of drug-likeness (QED) is 0.132. The molecule has 4 aromatic carbocycles. The van der Waals surface area contributed by atoms with Gasteiger partial charge in [0.15, 0.2) is 5.82 Å². The molecule has 0 spiro atoms. The summed E-state index contributed by atoms with van der Waals surface area (Å²) < 4.78 is 33.3. The zero-order chi connectivity index (χ0) is 42.2. The fourth-order valence-corrected chi connectivity index (χ4v) is 8.69. The van der Waals surface area contributed by atoms with Gasteiger partial charge in [0.05, 0.1) is 22.2 Å². The predicted molar refractivity (Wildman–Crippen MR) is 223 cm³/mol. The van der Waals surface area contributed by atoms with Gasteiger partial charge in [0, 0.05) is 81.2 Å². The van der Waals surface area contributed by atoms with Gasteiger partial charge in [-0.3, -0.25) is 44.2 Å². The summed E-state index contributed by atoms with van der Waals surface area (Å²) in [5, 5.41) is 16.9. The number of carbonyl (C=O) groups is 5. The molecule has 0 bridgehead atoms. The number of carbonyl (C=O) groups excluding carboxylic acids is 5. The number of aromatic amines is 1. The lowest BCUT2D eigenvalue weighted by molar-refractivity contribution is -0.136. The SMILES string of the molecule is O=C1CCC(N2C(=O)c3ccc(CCN4CCN(c5ccc(C(=O)Nc6n[nH]c7ccc(Cc8cc(F)cc(F)c8)cc67)c(NC6CCOCC6)c5)CC4)cc3C2=O)C(=O)N1. The van der Waals surface area contributed by atoms with Gasteiger partial charge in [-0.1, -0.05) is 12.1 Å². The van der Waals surface area contributed by atoms with Crippen molar-refractivity contribution in [2.75, 3.05) is 61.5 Å². The van der Waals surface area contributed by atoms with Gasteiger partial charge < -0.3 is 20.3 Å². The summed E-state index contributed by atoms with van der Waals surface area (Å²) in [5.41, 5.74) is 5.61. The highest BCUT2D eigenvalue weighted by Gasteiger charge is 2.44. The highest BCUT2D eigenvalue weighted by atomic mass is 19.1. The minimum atomic E-state index is -1.000. The molecule has 0 saturated carbocycles. The number of hydrogen-bond donors (Lipinski definition) is 4. The third kappa shape index (κ3) is 8.45. The van der Waals surface area contributed by atoms with Crippen molar-refractivity contribution < 1.29 is 37.5 Å². The van der Waals surface area contributed by atoms with E-state index in [1.165, 1.54) is 12.1 Å². The number of fused-ring (bicyclic) bond motifs is 2. The Kier molecular flexibility index (Phi) is 11.0. The molecular weight excluding hydrogens is 787 g/mol. The second-order valence-corrected chi connectivity index (χ2v) is 16.0. The maximum atomic E-state index is 14.0. The van der Waals surface area contributed by atoms with Crippen LogP contribution in [0, 0.1) is 11.6 Å². The standard InChI is InChI=1S/C45H44F2N8O6/c46-29-20-28(21-30(47)24-29)19-27-2-6-37-36(23-27)41(52-51-37)50-42(57)34-5-3-32(25-38(34)48-31-10-17-61-18-11-31)54-15-13-53(14-16-54)12-9-26-1-4-33-35(22-26)45(60)55(44(33)59)39-7-8-40(56)49-43(39)58/h1-6,20-25,31,39,48H,7-19H2,(H,49,56,58)(H2,50,51,52,57). The van der Waals surface area contributed by atoms with Crippen LogP contribution >= 0.6 is 0 Å². The van der Waals surface area contributed by atoms with E-state index in [4.69, 9.17) is 4.74 Å². The van der Waals surface area contributed by atoms with Crippen molar-refractivity contribution >= 4 is 57.6 Å². The Morgan fingerprint density at radius 2 is 1.56 bits per heavy atom. The van der Waals surface area contributed by atoms with E-state index in [0.717, 1.165) is 73.3 Å². The van der Waals surface area contributed by atoms with Crippen molar-refractivity contribution in [1.29, 1.82) is 0 Å². The maximum Gasteiger partial charge on any atom is 0.262 e. The molecule has 14 nitrogen and oxygen atoms in total. The van der Waals surface area contributed by atoms with Gasteiger partial charge in [-0.15, -0.1) is 0 Å². The topological polar surface area (TPSA) is 169 Å². The predicted octanol–water partition coefficient (Wildman–Crippen LogP) is 5.04. The first-order valence-electron chi connectivity index (χ1n) is 20.6. The highest BCUT2D eigenvalue weighted by molar-refractivity contribution is 6.23. The first-order valence-corrected chi connectivity index (χ1v) is 20.6. The number of rotatable bonds is 11. The van der Waals surface area contributed by atoms with E-state index in [9.17, 15) is 32.8 Å². The molecule has 4 aliphatic rings. The summed E-state index contributed by atoms with van der Waals surface area (Å²) >= 11 is 0. The Labute approximate surface area is 349 Å². The van der Waals surface area contributed by atoms with E-state index in [1.54, 1.807) is 12.1 Å². The zero-order valence-corrected chi connectivity index (χ0v) is 33.3. The van der Waals surface area contributed by atoms with E-state index in [0.29, 0.717) is 59.6 Å². The Bertz CT molecular complexity index is 2550. The molecular formula is C45H44F2N8O6. The van der Waals surface area contributed by atoms with Crippen molar-refractivity contribution in [3.8, 4) is 0 Å².